The first-order chi connectivity index (χ1) is 11.4. The summed E-state index contributed by atoms with van der Waals surface area (Å²) in [6, 6.07) is -0.234. The van der Waals surface area contributed by atoms with Crippen molar-refractivity contribution in [3.8, 4) is 0 Å². The van der Waals surface area contributed by atoms with E-state index in [4.69, 9.17) is 0 Å². The number of likely N-dealkylation sites (tertiary alicyclic amines) is 1. The van der Waals surface area contributed by atoms with Crippen LogP contribution in [0.1, 0.15) is 39.5 Å². The van der Waals surface area contributed by atoms with Crippen LogP contribution in [-0.2, 0) is 14.6 Å². The minimum atomic E-state index is -2.96. The number of nitrogens with one attached hydrogen (secondary N) is 2. The molecule has 1 amide bonds. The fourth-order valence-electron chi connectivity index (χ4n) is 3.28. The zero-order valence-electron chi connectivity index (χ0n) is 14.8. The summed E-state index contributed by atoms with van der Waals surface area (Å²) >= 11 is 0. The number of sulfone groups is 1. The predicted molar refractivity (Wildman–Crippen MR) is 95.8 cm³/mol. The van der Waals surface area contributed by atoms with Crippen molar-refractivity contribution in [3.05, 3.63) is 0 Å². The average molecular weight is 359 g/mol. The Morgan fingerprint density at radius 3 is 2.75 bits per heavy atom. The van der Waals surface area contributed by atoms with Crippen LogP contribution >= 0.6 is 0 Å². The average Bonchev–Trinajstić information content (AvgIpc) is 2.85. The fourth-order valence-corrected chi connectivity index (χ4v) is 4.95. The first-order valence-electron chi connectivity index (χ1n) is 8.92. The van der Waals surface area contributed by atoms with Crippen LogP contribution in [-0.4, -0.2) is 68.9 Å². The van der Waals surface area contributed by atoms with Gasteiger partial charge < -0.3 is 15.5 Å². The highest BCUT2D eigenvalue weighted by molar-refractivity contribution is 7.91. The second-order valence-electron chi connectivity index (χ2n) is 6.85. The summed E-state index contributed by atoms with van der Waals surface area (Å²) in [5, 5.41) is 6.10. The van der Waals surface area contributed by atoms with E-state index in [0.717, 1.165) is 25.6 Å². The van der Waals surface area contributed by atoms with Crippen LogP contribution in [0.15, 0.2) is 4.99 Å². The van der Waals surface area contributed by atoms with Gasteiger partial charge in [-0.2, -0.15) is 0 Å². The second-order valence-corrected chi connectivity index (χ2v) is 9.08. The van der Waals surface area contributed by atoms with Crippen molar-refractivity contribution in [3.63, 3.8) is 0 Å². The van der Waals surface area contributed by atoms with E-state index in [9.17, 15) is 13.2 Å². The lowest BCUT2D eigenvalue weighted by atomic mass is 10.0. The summed E-state index contributed by atoms with van der Waals surface area (Å²) in [7, 11) is -2.96. The number of aliphatic imine (C=N–C) groups is 1. The van der Waals surface area contributed by atoms with Gasteiger partial charge in [0.05, 0.1) is 18.1 Å². The summed E-state index contributed by atoms with van der Waals surface area (Å²) < 4.78 is 22.8. The summed E-state index contributed by atoms with van der Waals surface area (Å²) in [6.07, 6.45) is 3.23. The van der Waals surface area contributed by atoms with Crippen molar-refractivity contribution in [1.29, 1.82) is 0 Å². The van der Waals surface area contributed by atoms with Crippen molar-refractivity contribution in [2.45, 2.75) is 45.6 Å². The Kier molecular flexibility index (Phi) is 6.89. The Balaban J connectivity index is 1.80. The van der Waals surface area contributed by atoms with Crippen LogP contribution in [0.5, 0.6) is 0 Å². The lowest BCUT2D eigenvalue weighted by Gasteiger charge is -2.33. The molecule has 138 valence electrons. The van der Waals surface area contributed by atoms with Crippen molar-refractivity contribution in [2.75, 3.05) is 37.7 Å². The molecule has 2 saturated heterocycles. The molecule has 7 nitrogen and oxygen atoms in total. The highest BCUT2D eigenvalue weighted by atomic mass is 32.2. The second kappa shape index (κ2) is 8.69. The molecule has 24 heavy (non-hydrogen) atoms. The number of piperidine rings is 1. The van der Waals surface area contributed by atoms with E-state index in [2.05, 4.69) is 27.4 Å². The molecular formula is C16H30N4O3S. The van der Waals surface area contributed by atoms with Gasteiger partial charge >= 0.3 is 0 Å². The molecule has 0 bridgehead atoms. The third-order valence-electron chi connectivity index (χ3n) is 4.49. The van der Waals surface area contributed by atoms with Gasteiger partial charge in [0.25, 0.3) is 0 Å². The fraction of sp³-hybridized carbons (Fsp3) is 0.875. The van der Waals surface area contributed by atoms with Crippen LogP contribution in [0.3, 0.4) is 0 Å². The number of hydrogen-bond acceptors (Lipinski definition) is 4. The van der Waals surface area contributed by atoms with Crippen LogP contribution in [0.2, 0.25) is 0 Å². The molecule has 0 aromatic heterocycles. The summed E-state index contributed by atoms with van der Waals surface area (Å²) in [6.45, 7) is 7.50. The van der Waals surface area contributed by atoms with E-state index in [1.807, 2.05) is 6.92 Å². The molecule has 0 aromatic carbocycles. The highest BCUT2D eigenvalue weighted by Crippen LogP contribution is 2.15. The molecule has 2 aliphatic heterocycles. The number of carbonyl (C=O) groups excluding carboxylic acids is 1. The molecule has 2 heterocycles. The largest absolute Gasteiger partial charge is 0.357 e. The highest BCUT2D eigenvalue weighted by Gasteiger charge is 2.28. The monoisotopic (exact) mass is 358 g/mol. The summed E-state index contributed by atoms with van der Waals surface area (Å²) in [5.41, 5.74) is 0. The van der Waals surface area contributed by atoms with Gasteiger partial charge in [-0.1, -0.05) is 6.92 Å². The third kappa shape index (κ3) is 5.96. The van der Waals surface area contributed by atoms with Crippen LogP contribution in [0, 0.1) is 5.92 Å². The van der Waals surface area contributed by atoms with E-state index in [-0.39, 0.29) is 29.9 Å². The smallest absolute Gasteiger partial charge is 0.222 e. The summed E-state index contributed by atoms with van der Waals surface area (Å²) in [5.74, 6) is 1.66. The van der Waals surface area contributed by atoms with Crippen molar-refractivity contribution in [2.24, 2.45) is 10.9 Å². The van der Waals surface area contributed by atoms with Gasteiger partial charge in [0, 0.05) is 32.1 Å². The normalized spacial score (nSPS) is 27.1. The molecule has 8 heteroatoms. The van der Waals surface area contributed by atoms with Gasteiger partial charge in [0.15, 0.2) is 15.8 Å². The number of carbonyl (C=O) groups is 1. The van der Waals surface area contributed by atoms with Crippen molar-refractivity contribution < 1.29 is 13.2 Å². The van der Waals surface area contributed by atoms with Gasteiger partial charge in [-0.05, 0) is 32.1 Å². The Labute approximate surface area is 145 Å². The number of rotatable bonds is 5. The molecule has 0 aliphatic carbocycles. The van der Waals surface area contributed by atoms with E-state index in [1.165, 1.54) is 12.8 Å². The van der Waals surface area contributed by atoms with E-state index in [0.29, 0.717) is 18.9 Å². The van der Waals surface area contributed by atoms with Gasteiger partial charge in [-0.15, -0.1) is 0 Å². The number of hydrogen-bond donors (Lipinski definition) is 2. The molecule has 2 rings (SSSR count). The quantitative estimate of drug-likeness (QED) is 0.548. The van der Waals surface area contributed by atoms with Crippen LogP contribution in [0.25, 0.3) is 0 Å². The minimum Gasteiger partial charge on any atom is -0.357 e. The van der Waals surface area contributed by atoms with E-state index in [1.54, 1.807) is 0 Å². The zero-order valence-corrected chi connectivity index (χ0v) is 15.6. The molecule has 0 spiro atoms. The number of nitrogens with zero attached hydrogens (tertiary/aromatic N) is 2. The molecule has 2 unspecified atom stereocenters. The first kappa shape index (κ1) is 19.0. The predicted octanol–water partition coefficient (Wildman–Crippen LogP) is 0.377. The van der Waals surface area contributed by atoms with Crippen LogP contribution in [0.4, 0.5) is 0 Å². The van der Waals surface area contributed by atoms with Crippen LogP contribution < -0.4 is 10.6 Å². The maximum absolute atomic E-state index is 12.0. The lowest BCUT2D eigenvalue weighted by Crippen LogP contribution is -2.46. The maximum atomic E-state index is 12.0. The molecule has 2 aliphatic rings. The Hall–Kier alpha value is -1.31. The van der Waals surface area contributed by atoms with Crippen molar-refractivity contribution >= 4 is 21.7 Å². The third-order valence-corrected chi connectivity index (χ3v) is 6.26. The van der Waals surface area contributed by atoms with E-state index < -0.39 is 9.84 Å². The Morgan fingerprint density at radius 2 is 2.12 bits per heavy atom. The maximum Gasteiger partial charge on any atom is 0.222 e. The van der Waals surface area contributed by atoms with E-state index >= 15 is 0 Å². The van der Waals surface area contributed by atoms with Gasteiger partial charge in [-0.25, -0.2) is 8.42 Å². The van der Waals surface area contributed by atoms with Gasteiger partial charge in [-0.3, -0.25) is 9.79 Å². The minimum absolute atomic E-state index is 0.0658. The Morgan fingerprint density at radius 1 is 1.33 bits per heavy atom. The standard InChI is InChI=1S/C16H30N4O3S/c1-3-17-16(20-9-4-5-13(2)11-20)18-8-6-15(21)19-14-7-10-24(22,23)12-14/h13-14H,3-12H2,1-2H3,(H,17,18)(H,19,21). The molecule has 0 radical (unpaired) electrons. The van der Waals surface area contributed by atoms with Crippen molar-refractivity contribution in [1.82, 2.24) is 15.5 Å². The molecule has 0 aromatic rings. The van der Waals surface area contributed by atoms with Gasteiger partial charge in [0.2, 0.25) is 5.91 Å². The Bertz CT molecular complexity index is 562. The number of guanidine groups is 1. The lowest BCUT2D eigenvalue weighted by molar-refractivity contribution is -0.121. The first-order valence-corrected chi connectivity index (χ1v) is 10.7. The molecular weight excluding hydrogens is 328 g/mol. The van der Waals surface area contributed by atoms with Gasteiger partial charge in [0.1, 0.15) is 0 Å². The SMILES string of the molecule is CCNC(=NCCC(=O)NC1CCS(=O)(=O)C1)N1CCCC(C)C1. The topological polar surface area (TPSA) is 90.9 Å². The summed E-state index contributed by atoms with van der Waals surface area (Å²) in [4.78, 5) is 18.8. The zero-order chi connectivity index (χ0) is 17.6. The number of amides is 1. The molecule has 0 saturated carbocycles. The molecule has 2 N–H and O–H groups in total. The molecule has 2 atom stereocenters. The molecule has 2 fully saturated rings.